The lowest BCUT2D eigenvalue weighted by atomic mass is 10.3. The Bertz CT molecular complexity index is 351. The molecule has 1 fully saturated rings. The number of ether oxygens (including phenoxy) is 1. The fourth-order valence-corrected chi connectivity index (χ4v) is 2.12. The van der Waals surface area contributed by atoms with Gasteiger partial charge in [-0.2, -0.15) is 0 Å². The molecule has 1 aliphatic heterocycles. The molecule has 0 aliphatic carbocycles. The van der Waals surface area contributed by atoms with Crippen molar-refractivity contribution < 1.29 is 4.74 Å². The Morgan fingerprint density at radius 2 is 2.06 bits per heavy atom. The van der Waals surface area contributed by atoms with E-state index in [1.54, 1.807) is 12.1 Å². The van der Waals surface area contributed by atoms with Crippen LogP contribution in [0.4, 0.5) is 5.69 Å². The summed E-state index contributed by atoms with van der Waals surface area (Å²) < 4.78 is 5.63. The predicted octanol–water partition coefficient (Wildman–Crippen LogP) is 2.40. The Labute approximate surface area is 101 Å². The molecule has 0 amide bonds. The molecule has 2 N–H and O–H groups in total. The molecule has 0 radical (unpaired) electrons. The van der Waals surface area contributed by atoms with E-state index in [0.29, 0.717) is 17.3 Å². The number of hydrogen-bond donors (Lipinski definition) is 1. The molecular weight excluding hydrogens is 224 g/mol. The zero-order chi connectivity index (χ0) is 11.4. The number of benzene rings is 1. The Morgan fingerprint density at radius 3 is 2.75 bits per heavy atom. The Hall–Kier alpha value is -0.930. The third-order valence-electron chi connectivity index (χ3n) is 2.84. The van der Waals surface area contributed by atoms with E-state index in [1.807, 2.05) is 6.07 Å². The number of rotatable bonds is 4. The van der Waals surface area contributed by atoms with Crippen LogP contribution < -0.4 is 10.5 Å². The molecule has 0 aromatic heterocycles. The van der Waals surface area contributed by atoms with E-state index in [0.717, 1.165) is 12.3 Å². The van der Waals surface area contributed by atoms with Crippen LogP contribution >= 0.6 is 11.6 Å². The van der Waals surface area contributed by atoms with Crippen molar-refractivity contribution in [2.75, 3.05) is 32.0 Å². The van der Waals surface area contributed by atoms with Gasteiger partial charge < -0.3 is 10.5 Å². The van der Waals surface area contributed by atoms with Crippen LogP contribution in [-0.2, 0) is 0 Å². The summed E-state index contributed by atoms with van der Waals surface area (Å²) in [6.45, 7) is 4.05. The zero-order valence-electron chi connectivity index (χ0n) is 9.29. The van der Waals surface area contributed by atoms with Crippen LogP contribution in [0.2, 0.25) is 5.02 Å². The van der Waals surface area contributed by atoms with Gasteiger partial charge in [0, 0.05) is 11.6 Å². The van der Waals surface area contributed by atoms with Gasteiger partial charge in [-0.25, -0.2) is 0 Å². The van der Waals surface area contributed by atoms with Crippen LogP contribution in [0.5, 0.6) is 5.75 Å². The summed E-state index contributed by atoms with van der Waals surface area (Å²) in [5.74, 6) is 0.726. The van der Waals surface area contributed by atoms with Gasteiger partial charge in [-0.15, -0.1) is 0 Å². The average molecular weight is 241 g/mol. The number of halogens is 1. The summed E-state index contributed by atoms with van der Waals surface area (Å²) in [4.78, 5) is 2.41. The minimum absolute atomic E-state index is 0.605. The van der Waals surface area contributed by atoms with Crippen molar-refractivity contribution in [2.24, 2.45) is 0 Å². The highest BCUT2D eigenvalue weighted by Gasteiger charge is 2.11. The van der Waals surface area contributed by atoms with Crippen LogP contribution in [0.3, 0.4) is 0 Å². The van der Waals surface area contributed by atoms with Gasteiger partial charge in [0.05, 0.1) is 5.69 Å². The first kappa shape index (κ1) is 11.6. The Balaban J connectivity index is 1.80. The SMILES string of the molecule is Nc1cc(Cl)ccc1OCCN1CCCC1. The maximum atomic E-state index is 5.81. The average Bonchev–Trinajstić information content (AvgIpc) is 2.74. The van der Waals surface area contributed by atoms with Crippen molar-refractivity contribution >= 4 is 17.3 Å². The largest absolute Gasteiger partial charge is 0.490 e. The fraction of sp³-hybridized carbons (Fsp3) is 0.500. The summed E-state index contributed by atoms with van der Waals surface area (Å²) in [6.07, 6.45) is 2.62. The first-order valence-corrected chi connectivity index (χ1v) is 6.04. The Morgan fingerprint density at radius 1 is 1.31 bits per heavy atom. The minimum atomic E-state index is 0.605. The molecule has 3 nitrogen and oxygen atoms in total. The monoisotopic (exact) mass is 240 g/mol. The van der Waals surface area contributed by atoms with E-state index < -0.39 is 0 Å². The Kier molecular flexibility index (Phi) is 3.91. The molecule has 16 heavy (non-hydrogen) atoms. The van der Waals surface area contributed by atoms with Gasteiger partial charge in [0.15, 0.2) is 0 Å². The zero-order valence-corrected chi connectivity index (χ0v) is 10.0. The van der Waals surface area contributed by atoms with Crippen LogP contribution in [0.25, 0.3) is 0 Å². The smallest absolute Gasteiger partial charge is 0.142 e. The highest BCUT2D eigenvalue weighted by molar-refractivity contribution is 6.30. The van der Waals surface area contributed by atoms with Crippen LogP contribution in [-0.4, -0.2) is 31.1 Å². The molecule has 2 rings (SSSR count). The van der Waals surface area contributed by atoms with E-state index in [4.69, 9.17) is 22.1 Å². The van der Waals surface area contributed by atoms with Crippen LogP contribution in [0, 0.1) is 0 Å². The number of nitrogen functional groups attached to an aromatic ring is 1. The van der Waals surface area contributed by atoms with Crippen LogP contribution in [0.1, 0.15) is 12.8 Å². The first-order chi connectivity index (χ1) is 7.75. The molecule has 1 aromatic rings. The van der Waals surface area contributed by atoms with Crippen molar-refractivity contribution in [3.8, 4) is 5.75 Å². The van der Waals surface area contributed by atoms with Gasteiger partial charge in [0.2, 0.25) is 0 Å². The maximum absolute atomic E-state index is 5.81. The minimum Gasteiger partial charge on any atom is -0.490 e. The number of anilines is 1. The quantitative estimate of drug-likeness (QED) is 0.822. The molecule has 1 saturated heterocycles. The fourth-order valence-electron chi connectivity index (χ4n) is 1.94. The molecule has 1 aliphatic rings. The normalized spacial score (nSPS) is 16.6. The predicted molar refractivity (Wildman–Crippen MR) is 67.0 cm³/mol. The lowest BCUT2D eigenvalue weighted by molar-refractivity contribution is 0.238. The molecule has 0 saturated carbocycles. The summed E-state index contributed by atoms with van der Waals surface area (Å²) in [5.41, 5.74) is 6.40. The number of likely N-dealkylation sites (tertiary alicyclic amines) is 1. The van der Waals surface area contributed by atoms with E-state index in [1.165, 1.54) is 25.9 Å². The van der Waals surface area contributed by atoms with Crippen molar-refractivity contribution in [1.82, 2.24) is 4.90 Å². The van der Waals surface area contributed by atoms with Gasteiger partial charge >= 0.3 is 0 Å². The number of nitrogens with two attached hydrogens (primary N) is 1. The molecule has 1 heterocycles. The van der Waals surface area contributed by atoms with Crippen molar-refractivity contribution in [3.63, 3.8) is 0 Å². The summed E-state index contributed by atoms with van der Waals surface area (Å²) in [6, 6.07) is 5.33. The van der Waals surface area contributed by atoms with Gasteiger partial charge in [-0.05, 0) is 44.1 Å². The molecule has 0 unspecified atom stereocenters. The highest BCUT2D eigenvalue weighted by Crippen LogP contribution is 2.24. The van der Waals surface area contributed by atoms with E-state index in [9.17, 15) is 0 Å². The van der Waals surface area contributed by atoms with Gasteiger partial charge in [0.1, 0.15) is 12.4 Å². The molecule has 4 heteroatoms. The second kappa shape index (κ2) is 5.41. The molecule has 88 valence electrons. The van der Waals surface area contributed by atoms with Gasteiger partial charge in [-0.3, -0.25) is 4.90 Å². The molecule has 0 spiro atoms. The topological polar surface area (TPSA) is 38.5 Å². The molecule has 0 bridgehead atoms. The third-order valence-corrected chi connectivity index (χ3v) is 3.07. The lowest BCUT2D eigenvalue weighted by Crippen LogP contribution is -2.25. The van der Waals surface area contributed by atoms with Crippen molar-refractivity contribution in [2.45, 2.75) is 12.8 Å². The summed E-state index contributed by atoms with van der Waals surface area (Å²) >= 11 is 5.81. The third kappa shape index (κ3) is 3.03. The highest BCUT2D eigenvalue weighted by atomic mass is 35.5. The number of hydrogen-bond acceptors (Lipinski definition) is 3. The van der Waals surface area contributed by atoms with E-state index in [-0.39, 0.29) is 0 Å². The van der Waals surface area contributed by atoms with Gasteiger partial charge in [-0.1, -0.05) is 11.6 Å². The van der Waals surface area contributed by atoms with Crippen molar-refractivity contribution in [1.29, 1.82) is 0 Å². The molecule has 1 aromatic carbocycles. The van der Waals surface area contributed by atoms with E-state index in [2.05, 4.69) is 4.90 Å². The van der Waals surface area contributed by atoms with Gasteiger partial charge in [0.25, 0.3) is 0 Å². The van der Waals surface area contributed by atoms with Crippen molar-refractivity contribution in [3.05, 3.63) is 23.2 Å². The summed E-state index contributed by atoms with van der Waals surface area (Å²) in [5, 5.41) is 0.643. The van der Waals surface area contributed by atoms with Crippen LogP contribution in [0.15, 0.2) is 18.2 Å². The second-order valence-corrected chi connectivity index (χ2v) is 4.52. The second-order valence-electron chi connectivity index (χ2n) is 4.08. The lowest BCUT2D eigenvalue weighted by Gasteiger charge is -2.15. The maximum Gasteiger partial charge on any atom is 0.142 e. The summed E-state index contributed by atoms with van der Waals surface area (Å²) in [7, 11) is 0. The molecular formula is C12H17ClN2O. The van der Waals surface area contributed by atoms with E-state index >= 15 is 0 Å². The number of nitrogens with zero attached hydrogens (tertiary/aromatic N) is 1. The molecule has 0 atom stereocenters. The standard InChI is InChI=1S/C12H17ClN2O/c13-10-3-4-12(11(14)9-10)16-8-7-15-5-1-2-6-15/h3-4,9H,1-2,5-8,14H2. The first-order valence-electron chi connectivity index (χ1n) is 5.66.